The molecule has 1 amide bonds. The quantitative estimate of drug-likeness (QED) is 0.621. The maximum absolute atomic E-state index is 12.3. The van der Waals surface area contributed by atoms with Gasteiger partial charge in [-0.15, -0.1) is 0 Å². The summed E-state index contributed by atoms with van der Waals surface area (Å²) in [6.07, 6.45) is 8.76. The van der Waals surface area contributed by atoms with Crippen LogP contribution in [0.4, 0.5) is 5.82 Å². The highest BCUT2D eigenvalue weighted by Gasteiger charge is 2.25. The summed E-state index contributed by atoms with van der Waals surface area (Å²) in [6, 6.07) is 15.9. The van der Waals surface area contributed by atoms with Gasteiger partial charge in [-0.1, -0.05) is 37.1 Å². The van der Waals surface area contributed by atoms with Crippen LogP contribution in [-0.4, -0.2) is 32.9 Å². The third-order valence-corrected chi connectivity index (χ3v) is 6.34. The van der Waals surface area contributed by atoms with E-state index < -0.39 is 0 Å². The van der Waals surface area contributed by atoms with Crippen molar-refractivity contribution in [2.75, 3.05) is 5.32 Å². The summed E-state index contributed by atoms with van der Waals surface area (Å²) in [5.41, 5.74) is 4.44. The average molecular weight is 401 g/mol. The molecule has 0 atom stereocenters. The number of carbonyl (C=O) groups excluding carboxylic acids is 1. The minimum Gasteiger partial charge on any atom is -0.367 e. The van der Waals surface area contributed by atoms with Gasteiger partial charge < -0.3 is 10.2 Å². The van der Waals surface area contributed by atoms with Crippen molar-refractivity contribution in [3.63, 3.8) is 0 Å². The lowest BCUT2D eigenvalue weighted by molar-refractivity contribution is -0.131. The van der Waals surface area contributed by atoms with E-state index in [0.29, 0.717) is 18.6 Å². The summed E-state index contributed by atoms with van der Waals surface area (Å²) in [4.78, 5) is 23.2. The number of nitrogens with one attached hydrogen (secondary N) is 1. The minimum absolute atomic E-state index is 0.172. The molecule has 2 fully saturated rings. The molecule has 0 radical (unpaired) electrons. The molecule has 5 rings (SSSR count). The zero-order chi connectivity index (χ0) is 20.5. The second kappa shape index (κ2) is 8.05. The Balaban J connectivity index is 1.44. The van der Waals surface area contributed by atoms with Crippen LogP contribution in [0.3, 0.4) is 0 Å². The summed E-state index contributed by atoms with van der Waals surface area (Å²) >= 11 is 0. The fraction of sp³-hybridized carbons (Fsp3) is 0.400. The van der Waals surface area contributed by atoms with Gasteiger partial charge in [0.15, 0.2) is 0 Å². The monoisotopic (exact) mass is 400 g/mol. The van der Waals surface area contributed by atoms with Crippen molar-refractivity contribution >= 4 is 22.6 Å². The van der Waals surface area contributed by atoms with Crippen molar-refractivity contribution < 1.29 is 4.79 Å². The van der Waals surface area contributed by atoms with E-state index in [0.717, 1.165) is 40.7 Å². The van der Waals surface area contributed by atoms with Crippen molar-refractivity contribution in [3.8, 4) is 11.1 Å². The van der Waals surface area contributed by atoms with Gasteiger partial charge in [-0.25, -0.2) is 9.97 Å². The van der Waals surface area contributed by atoms with E-state index in [1.807, 2.05) is 0 Å². The molecule has 2 aliphatic carbocycles. The second-order valence-corrected chi connectivity index (χ2v) is 8.66. The molecular weight excluding hydrogens is 372 g/mol. The van der Waals surface area contributed by atoms with Gasteiger partial charge in [-0.05, 0) is 60.6 Å². The van der Waals surface area contributed by atoms with Crippen molar-refractivity contribution in [2.45, 2.75) is 64.1 Å². The van der Waals surface area contributed by atoms with E-state index in [1.54, 1.807) is 13.3 Å². The Kier molecular flexibility index (Phi) is 5.11. The first-order chi connectivity index (χ1) is 14.7. The first-order valence-electron chi connectivity index (χ1n) is 11.1. The highest BCUT2D eigenvalue weighted by atomic mass is 16.2. The molecule has 0 aliphatic heterocycles. The standard InChI is InChI=1S/C25H28N4O/c1-17(30)29(22-7-2-3-8-22)15-18-5-4-6-19(13-18)20-9-12-24-23(14-20)25(27-16-26-24)28-21-10-11-21/h4-6,9,12-14,16,21-22H,2-3,7-8,10-11,15H2,1H3,(H,26,27,28). The molecular formula is C25H28N4O. The Morgan fingerprint density at radius 1 is 1.03 bits per heavy atom. The van der Waals surface area contributed by atoms with Crippen LogP contribution in [0.25, 0.3) is 22.0 Å². The number of rotatable bonds is 6. The Morgan fingerprint density at radius 2 is 1.83 bits per heavy atom. The first kappa shape index (κ1) is 19.0. The van der Waals surface area contributed by atoms with E-state index in [-0.39, 0.29) is 5.91 Å². The van der Waals surface area contributed by atoms with Crippen LogP contribution < -0.4 is 5.32 Å². The number of amides is 1. The first-order valence-corrected chi connectivity index (χ1v) is 11.1. The zero-order valence-electron chi connectivity index (χ0n) is 17.5. The van der Waals surface area contributed by atoms with Gasteiger partial charge in [-0.2, -0.15) is 0 Å². The topological polar surface area (TPSA) is 58.1 Å². The molecule has 0 saturated heterocycles. The van der Waals surface area contributed by atoms with E-state index >= 15 is 0 Å². The van der Waals surface area contributed by atoms with Crippen molar-refractivity contribution in [1.82, 2.24) is 14.9 Å². The molecule has 5 nitrogen and oxygen atoms in total. The Bertz CT molecular complexity index is 1070. The number of carbonyl (C=O) groups is 1. The second-order valence-electron chi connectivity index (χ2n) is 8.66. The smallest absolute Gasteiger partial charge is 0.219 e. The van der Waals surface area contributed by atoms with Gasteiger partial charge in [0.1, 0.15) is 12.1 Å². The van der Waals surface area contributed by atoms with Gasteiger partial charge in [0.2, 0.25) is 5.91 Å². The molecule has 1 aromatic heterocycles. The summed E-state index contributed by atoms with van der Waals surface area (Å²) in [7, 11) is 0. The predicted octanol–water partition coefficient (Wildman–Crippen LogP) is 5.16. The predicted molar refractivity (Wildman–Crippen MR) is 120 cm³/mol. The maximum atomic E-state index is 12.3. The third-order valence-electron chi connectivity index (χ3n) is 6.34. The largest absolute Gasteiger partial charge is 0.367 e. The fourth-order valence-corrected chi connectivity index (χ4v) is 4.53. The van der Waals surface area contributed by atoms with Gasteiger partial charge in [-0.3, -0.25) is 4.79 Å². The maximum Gasteiger partial charge on any atom is 0.219 e. The molecule has 3 aromatic rings. The van der Waals surface area contributed by atoms with Crippen LogP contribution in [0.1, 0.15) is 51.0 Å². The minimum atomic E-state index is 0.172. The van der Waals surface area contributed by atoms with Crippen LogP contribution in [-0.2, 0) is 11.3 Å². The third kappa shape index (κ3) is 4.02. The molecule has 1 heterocycles. The molecule has 0 bridgehead atoms. The zero-order valence-corrected chi connectivity index (χ0v) is 17.5. The van der Waals surface area contributed by atoms with E-state index in [9.17, 15) is 4.79 Å². The highest BCUT2D eigenvalue weighted by Crippen LogP contribution is 2.31. The van der Waals surface area contributed by atoms with Crippen LogP contribution in [0.5, 0.6) is 0 Å². The number of fused-ring (bicyclic) bond motifs is 1. The Labute approximate surface area is 177 Å². The molecule has 1 N–H and O–H groups in total. The lowest BCUT2D eigenvalue weighted by Crippen LogP contribution is -2.36. The highest BCUT2D eigenvalue weighted by molar-refractivity contribution is 5.92. The Morgan fingerprint density at radius 3 is 2.60 bits per heavy atom. The fourth-order valence-electron chi connectivity index (χ4n) is 4.53. The summed E-state index contributed by atoms with van der Waals surface area (Å²) in [6.45, 7) is 2.37. The molecule has 30 heavy (non-hydrogen) atoms. The molecule has 0 unspecified atom stereocenters. The van der Waals surface area contributed by atoms with Crippen LogP contribution >= 0.6 is 0 Å². The van der Waals surface area contributed by atoms with Crippen LogP contribution in [0.15, 0.2) is 48.8 Å². The summed E-state index contributed by atoms with van der Waals surface area (Å²) in [5, 5.41) is 4.58. The van der Waals surface area contributed by atoms with Crippen molar-refractivity contribution in [1.29, 1.82) is 0 Å². The van der Waals surface area contributed by atoms with Crippen molar-refractivity contribution in [2.24, 2.45) is 0 Å². The van der Waals surface area contributed by atoms with E-state index in [4.69, 9.17) is 0 Å². The number of hydrogen-bond donors (Lipinski definition) is 1. The number of nitrogens with zero attached hydrogens (tertiary/aromatic N) is 3. The lowest BCUT2D eigenvalue weighted by Gasteiger charge is -2.28. The lowest BCUT2D eigenvalue weighted by atomic mass is 10.0. The number of aromatic nitrogens is 2. The molecule has 2 saturated carbocycles. The molecule has 5 heteroatoms. The number of anilines is 1. The Hall–Kier alpha value is -2.95. The van der Waals surface area contributed by atoms with Gasteiger partial charge in [0.25, 0.3) is 0 Å². The van der Waals surface area contributed by atoms with Gasteiger partial charge in [0.05, 0.1) is 5.52 Å². The van der Waals surface area contributed by atoms with Crippen LogP contribution in [0, 0.1) is 0 Å². The summed E-state index contributed by atoms with van der Waals surface area (Å²) in [5.74, 6) is 1.09. The SMILES string of the molecule is CC(=O)N(Cc1cccc(-c2ccc3ncnc(NC4CC4)c3c2)c1)C1CCCC1. The molecule has 2 aromatic carbocycles. The molecule has 2 aliphatic rings. The van der Waals surface area contributed by atoms with Crippen LogP contribution in [0.2, 0.25) is 0 Å². The van der Waals surface area contributed by atoms with Gasteiger partial charge in [0, 0.05) is 30.9 Å². The number of hydrogen-bond acceptors (Lipinski definition) is 4. The van der Waals surface area contributed by atoms with E-state index in [2.05, 4.69) is 62.6 Å². The van der Waals surface area contributed by atoms with E-state index in [1.165, 1.54) is 31.2 Å². The van der Waals surface area contributed by atoms with Crippen molar-refractivity contribution in [3.05, 3.63) is 54.4 Å². The normalized spacial score (nSPS) is 16.7. The molecule has 0 spiro atoms. The summed E-state index contributed by atoms with van der Waals surface area (Å²) < 4.78 is 0. The number of benzene rings is 2. The average Bonchev–Trinajstić information content (AvgIpc) is 3.41. The van der Waals surface area contributed by atoms with Gasteiger partial charge >= 0.3 is 0 Å². The molecule has 154 valence electrons.